The highest BCUT2D eigenvalue weighted by Crippen LogP contribution is 2.18. The Bertz CT molecular complexity index is 418. The zero-order valence-corrected chi connectivity index (χ0v) is 11.2. The van der Waals surface area contributed by atoms with Gasteiger partial charge in [-0.25, -0.2) is 0 Å². The molecule has 0 spiro atoms. The van der Waals surface area contributed by atoms with E-state index in [1.54, 1.807) is 7.11 Å². The zero-order chi connectivity index (χ0) is 13.2. The third-order valence-electron chi connectivity index (χ3n) is 2.54. The van der Waals surface area contributed by atoms with Crippen molar-refractivity contribution in [2.75, 3.05) is 20.3 Å². The maximum atomic E-state index is 5.63. The predicted molar refractivity (Wildman–Crippen MR) is 73.5 cm³/mol. The second-order valence-corrected chi connectivity index (χ2v) is 3.94. The summed E-state index contributed by atoms with van der Waals surface area (Å²) in [5.74, 6) is 6.74. The number of methoxy groups -OCH3 is 1. The van der Waals surface area contributed by atoms with Crippen molar-refractivity contribution < 1.29 is 9.47 Å². The van der Waals surface area contributed by atoms with Gasteiger partial charge in [0.1, 0.15) is 5.75 Å². The molecule has 3 heteroatoms. The second-order valence-electron chi connectivity index (χ2n) is 3.94. The molecule has 0 bridgehead atoms. The average Bonchev–Trinajstić information content (AvgIpc) is 2.42. The van der Waals surface area contributed by atoms with Crippen LogP contribution >= 0.6 is 0 Å². The molecule has 1 rings (SSSR count). The Kier molecular flexibility index (Phi) is 6.93. The first-order valence-corrected chi connectivity index (χ1v) is 6.25. The largest absolute Gasteiger partial charge is 0.497 e. The lowest BCUT2D eigenvalue weighted by atomic mass is 10.1. The summed E-state index contributed by atoms with van der Waals surface area (Å²) < 4.78 is 10.8. The molecule has 0 aliphatic heterocycles. The van der Waals surface area contributed by atoms with Crippen LogP contribution in [0.4, 0.5) is 0 Å². The number of unbranched alkanes of at least 4 members (excludes halogenated alkanes) is 1. The molecular weight excluding hydrogens is 226 g/mol. The van der Waals surface area contributed by atoms with E-state index in [9.17, 15) is 0 Å². The lowest BCUT2D eigenvalue weighted by Gasteiger charge is -2.08. The van der Waals surface area contributed by atoms with Crippen LogP contribution in [0.2, 0.25) is 0 Å². The molecule has 1 aromatic carbocycles. The topological polar surface area (TPSA) is 44.5 Å². The van der Waals surface area contributed by atoms with Crippen LogP contribution in [-0.2, 0) is 11.3 Å². The summed E-state index contributed by atoms with van der Waals surface area (Å²) in [4.78, 5) is 0. The molecule has 2 N–H and O–H groups in total. The molecule has 0 amide bonds. The Balaban J connectivity index is 2.76. The fourth-order valence-corrected chi connectivity index (χ4v) is 1.51. The molecule has 98 valence electrons. The molecule has 0 saturated carbocycles. The molecule has 0 heterocycles. The van der Waals surface area contributed by atoms with Crippen molar-refractivity contribution in [2.45, 2.75) is 26.4 Å². The Morgan fingerprint density at radius 1 is 1.33 bits per heavy atom. The van der Waals surface area contributed by atoms with Gasteiger partial charge in [0.05, 0.1) is 20.3 Å². The summed E-state index contributed by atoms with van der Waals surface area (Å²) in [6.07, 6.45) is 2.21. The third-order valence-corrected chi connectivity index (χ3v) is 2.54. The van der Waals surface area contributed by atoms with Gasteiger partial charge in [0, 0.05) is 12.2 Å². The van der Waals surface area contributed by atoms with E-state index in [0.717, 1.165) is 36.3 Å². The van der Waals surface area contributed by atoms with Crippen molar-refractivity contribution in [3.05, 3.63) is 29.3 Å². The molecule has 0 aliphatic carbocycles. The van der Waals surface area contributed by atoms with Gasteiger partial charge in [-0.15, -0.1) is 0 Å². The number of hydrogen-bond acceptors (Lipinski definition) is 3. The summed E-state index contributed by atoms with van der Waals surface area (Å²) in [5.41, 5.74) is 7.40. The Morgan fingerprint density at radius 2 is 2.17 bits per heavy atom. The standard InChI is InChI=1S/C15H21NO2/c1-3-4-10-18-12-14-11-15(17-2)8-7-13(14)6-5-9-16/h7-8,11H,3-4,9-10,12,16H2,1-2H3. The molecule has 0 aromatic heterocycles. The van der Waals surface area contributed by atoms with Crippen LogP contribution in [0.3, 0.4) is 0 Å². The van der Waals surface area contributed by atoms with Crippen molar-refractivity contribution >= 4 is 0 Å². The number of benzene rings is 1. The normalized spacial score (nSPS) is 9.72. The van der Waals surface area contributed by atoms with Crippen molar-refractivity contribution in [3.8, 4) is 17.6 Å². The average molecular weight is 247 g/mol. The molecule has 1 aromatic rings. The minimum absolute atomic E-state index is 0.363. The fraction of sp³-hybridized carbons (Fsp3) is 0.467. The number of ether oxygens (including phenoxy) is 2. The van der Waals surface area contributed by atoms with E-state index in [1.165, 1.54) is 0 Å². The van der Waals surface area contributed by atoms with Gasteiger partial charge in [-0.2, -0.15) is 0 Å². The van der Waals surface area contributed by atoms with E-state index in [-0.39, 0.29) is 0 Å². The summed E-state index contributed by atoms with van der Waals surface area (Å²) in [5, 5.41) is 0. The number of nitrogens with two attached hydrogens (primary N) is 1. The summed E-state index contributed by atoms with van der Waals surface area (Å²) >= 11 is 0. The molecule has 0 radical (unpaired) electrons. The van der Waals surface area contributed by atoms with Crippen LogP contribution in [0.25, 0.3) is 0 Å². The van der Waals surface area contributed by atoms with Crippen LogP contribution in [0.5, 0.6) is 5.75 Å². The van der Waals surface area contributed by atoms with Crippen LogP contribution in [-0.4, -0.2) is 20.3 Å². The van der Waals surface area contributed by atoms with Gasteiger partial charge in [0.25, 0.3) is 0 Å². The van der Waals surface area contributed by atoms with E-state index in [0.29, 0.717) is 13.2 Å². The fourth-order valence-electron chi connectivity index (χ4n) is 1.51. The smallest absolute Gasteiger partial charge is 0.119 e. The third kappa shape index (κ3) is 4.79. The summed E-state index contributed by atoms with van der Waals surface area (Å²) in [6, 6.07) is 5.81. The highest BCUT2D eigenvalue weighted by molar-refractivity contribution is 5.45. The van der Waals surface area contributed by atoms with Gasteiger partial charge >= 0.3 is 0 Å². The van der Waals surface area contributed by atoms with Gasteiger partial charge in [0.15, 0.2) is 0 Å². The van der Waals surface area contributed by atoms with Crippen molar-refractivity contribution in [1.29, 1.82) is 0 Å². The first-order chi connectivity index (χ1) is 8.81. The van der Waals surface area contributed by atoms with E-state index in [2.05, 4.69) is 18.8 Å². The second kappa shape index (κ2) is 8.57. The SMILES string of the molecule is CCCCOCc1cc(OC)ccc1C#CCN. The molecule has 3 nitrogen and oxygen atoms in total. The highest BCUT2D eigenvalue weighted by atomic mass is 16.5. The van der Waals surface area contributed by atoms with Gasteiger partial charge in [0.2, 0.25) is 0 Å². The van der Waals surface area contributed by atoms with E-state index in [4.69, 9.17) is 15.2 Å². The maximum Gasteiger partial charge on any atom is 0.119 e. The highest BCUT2D eigenvalue weighted by Gasteiger charge is 2.03. The van der Waals surface area contributed by atoms with Crippen molar-refractivity contribution in [2.24, 2.45) is 5.73 Å². The van der Waals surface area contributed by atoms with Crippen LogP contribution in [0.1, 0.15) is 30.9 Å². The molecule has 0 aliphatic rings. The van der Waals surface area contributed by atoms with Gasteiger partial charge in [-0.05, 0) is 30.2 Å². The van der Waals surface area contributed by atoms with Gasteiger partial charge in [-0.3, -0.25) is 0 Å². The summed E-state index contributed by atoms with van der Waals surface area (Å²) in [6.45, 7) is 3.85. The monoisotopic (exact) mass is 247 g/mol. The van der Waals surface area contributed by atoms with Crippen molar-refractivity contribution in [1.82, 2.24) is 0 Å². The first kappa shape index (κ1) is 14.6. The number of hydrogen-bond donors (Lipinski definition) is 1. The van der Waals surface area contributed by atoms with Gasteiger partial charge < -0.3 is 15.2 Å². The molecule has 0 atom stereocenters. The first-order valence-electron chi connectivity index (χ1n) is 6.25. The predicted octanol–water partition coefficient (Wildman–Crippen LogP) is 2.32. The quantitative estimate of drug-likeness (QED) is 0.620. The van der Waals surface area contributed by atoms with E-state index < -0.39 is 0 Å². The number of rotatable bonds is 6. The van der Waals surface area contributed by atoms with Crippen molar-refractivity contribution in [3.63, 3.8) is 0 Å². The molecule has 0 unspecified atom stereocenters. The molecule has 18 heavy (non-hydrogen) atoms. The van der Waals surface area contributed by atoms with Crippen LogP contribution < -0.4 is 10.5 Å². The molecular formula is C15H21NO2. The van der Waals surface area contributed by atoms with E-state index >= 15 is 0 Å². The molecule has 0 saturated heterocycles. The van der Waals surface area contributed by atoms with Gasteiger partial charge in [-0.1, -0.05) is 25.2 Å². The van der Waals surface area contributed by atoms with Crippen LogP contribution in [0.15, 0.2) is 18.2 Å². The Hall–Kier alpha value is -1.50. The Morgan fingerprint density at radius 3 is 2.83 bits per heavy atom. The minimum Gasteiger partial charge on any atom is -0.497 e. The zero-order valence-electron chi connectivity index (χ0n) is 11.2. The molecule has 0 fully saturated rings. The lowest BCUT2D eigenvalue weighted by molar-refractivity contribution is 0.118. The van der Waals surface area contributed by atoms with E-state index in [1.807, 2.05) is 18.2 Å². The Labute approximate surface area is 109 Å². The lowest BCUT2D eigenvalue weighted by Crippen LogP contribution is -1.99. The van der Waals surface area contributed by atoms with Crippen LogP contribution in [0, 0.1) is 11.8 Å². The minimum atomic E-state index is 0.363. The maximum absolute atomic E-state index is 5.63. The summed E-state index contributed by atoms with van der Waals surface area (Å²) in [7, 11) is 1.66.